The van der Waals surface area contributed by atoms with Crippen LogP contribution in [0.5, 0.6) is 0 Å². The monoisotopic (exact) mass is 298 g/mol. The van der Waals surface area contributed by atoms with Crippen LogP contribution in [0.25, 0.3) is 0 Å². The lowest BCUT2D eigenvalue weighted by Crippen LogP contribution is -2.58. The van der Waals surface area contributed by atoms with Crippen molar-refractivity contribution in [3.05, 3.63) is 34.6 Å². The van der Waals surface area contributed by atoms with E-state index in [9.17, 15) is 9.18 Å². The number of amides is 1. The van der Waals surface area contributed by atoms with Crippen molar-refractivity contribution in [2.75, 3.05) is 13.1 Å². The van der Waals surface area contributed by atoms with Gasteiger partial charge in [0.25, 0.3) is 5.91 Å². The van der Waals surface area contributed by atoms with Crippen LogP contribution in [0.15, 0.2) is 18.2 Å². The number of halogens is 2. The van der Waals surface area contributed by atoms with Crippen molar-refractivity contribution in [2.24, 2.45) is 0 Å². The zero-order valence-electron chi connectivity index (χ0n) is 11.8. The number of carbonyl (C=O) groups excluding carboxylic acids is 1. The summed E-state index contributed by atoms with van der Waals surface area (Å²) in [5.41, 5.74) is 0.0627. The number of carbonyl (C=O) groups is 1. The van der Waals surface area contributed by atoms with Gasteiger partial charge in [0.2, 0.25) is 0 Å². The molecule has 0 radical (unpaired) electrons. The first-order valence-corrected chi connectivity index (χ1v) is 7.44. The third-order valence-corrected chi connectivity index (χ3v) is 4.12. The largest absolute Gasteiger partial charge is 0.333 e. The van der Waals surface area contributed by atoms with Gasteiger partial charge in [-0.1, -0.05) is 25.4 Å². The molecule has 0 aromatic heterocycles. The topological polar surface area (TPSA) is 32.3 Å². The Morgan fingerprint density at radius 3 is 2.85 bits per heavy atom. The van der Waals surface area contributed by atoms with Crippen LogP contribution >= 0.6 is 11.6 Å². The maximum absolute atomic E-state index is 13.9. The standard InChI is InChI=1S/C15H20ClFN2O/c1-3-11-9-19(12(4-2)8-18-11)15(20)13-7-10(16)5-6-14(13)17/h5-7,11-12,18H,3-4,8-9H2,1-2H3. The summed E-state index contributed by atoms with van der Waals surface area (Å²) >= 11 is 5.88. The van der Waals surface area contributed by atoms with Crippen LogP contribution < -0.4 is 5.32 Å². The van der Waals surface area contributed by atoms with Crippen LogP contribution in [0.2, 0.25) is 5.02 Å². The number of piperazine rings is 1. The molecule has 1 heterocycles. The molecule has 3 nitrogen and oxygen atoms in total. The third kappa shape index (κ3) is 3.13. The second kappa shape index (κ2) is 6.55. The molecular formula is C15H20ClFN2O. The van der Waals surface area contributed by atoms with E-state index in [-0.39, 0.29) is 23.6 Å². The number of hydrogen-bond acceptors (Lipinski definition) is 2. The number of rotatable bonds is 3. The van der Waals surface area contributed by atoms with Crippen LogP contribution in [0.3, 0.4) is 0 Å². The molecule has 20 heavy (non-hydrogen) atoms. The first-order valence-electron chi connectivity index (χ1n) is 7.06. The predicted octanol–water partition coefficient (Wildman–Crippen LogP) is 3.08. The molecule has 1 fully saturated rings. The fourth-order valence-electron chi connectivity index (χ4n) is 2.57. The highest BCUT2D eigenvalue weighted by atomic mass is 35.5. The van der Waals surface area contributed by atoms with Gasteiger partial charge in [-0.05, 0) is 31.0 Å². The molecule has 1 aliphatic heterocycles. The predicted molar refractivity (Wildman–Crippen MR) is 78.6 cm³/mol. The first-order chi connectivity index (χ1) is 9.56. The summed E-state index contributed by atoms with van der Waals surface area (Å²) in [5, 5.41) is 3.80. The smallest absolute Gasteiger partial charge is 0.257 e. The Hall–Kier alpha value is -1.13. The maximum Gasteiger partial charge on any atom is 0.257 e. The minimum Gasteiger partial charge on any atom is -0.333 e. The number of benzene rings is 1. The van der Waals surface area contributed by atoms with Crippen molar-refractivity contribution in [1.29, 1.82) is 0 Å². The molecule has 1 aromatic rings. The van der Waals surface area contributed by atoms with Gasteiger partial charge in [0, 0.05) is 30.2 Å². The summed E-state index contributed by atoms with van der Waals surface area (Å²) < 4.78 is 13.9. The normalized spacial score (nSPS) is 22.9. The van der Waals surface area contributed by atoms with E-state index in [1.54, 1.807) is 4.90 Å². The maximum atomic E-state index is 13.9. The lowest BCUT2D eigenvalue weighted by Gasteiger charge is -2.40. The Labute approximate surface area is 124 Å². The molecule has 1 amide bonds. The van der Waals surface area contributed by atoms with E-state index in [0.717, 1.165) is 19.4 Å². The molecule has 1 N–H and O–H groups in total. The van der Waals surface area contributed by atoms with Gasteiger partial charge in [0.15, 0.2) is 0 Å². The Kier molecular flexibility index (Phi) is 5.00. The number of nitrogens with one attached hydrogen (secondary N) is 1. The van der Waals surface area contributed by atoms with E-state index >= 15 is 0 Å². The van der Waals surface area contributed by atoms with Crippen LogP contribution in [0.1, 0.15) is 37.0 Å². The molecule has 1 aliphatic rings. The molecule has 2 rings (SSSR count). The van der Waals surface area contributed by atoms with Crippen LogP contribution in [-0.2, 0) is 0 Å². The van der Waals surface area contributed by atoms with Crippen molar-refractivity contribution in [3.63, 3.8) is 0 Å². The summed E-state index contributed by atoms with van der Waals surface area (Å²) in [6, 6.07) is 4.48. The highest BCUT2D eigenvalue weighted by molar-refractivity contribution is 6.31. The third-order valence-electron chi connectivity index (χ3n) is 3.88. The van der Waals surface area contributed by atoms with Gasteiger partial charge in [-0.25, -0.2) is 4.39 Å². The van der Waals surface area contributed by atoms with E-state index in [2.05, 4.69) is 12.2 Å². The van der Waals surface area contributed by atoms with Crippen molar-refractivity contribution >= 4 is 17.5 Å². The molecule has 110 valence electrons. The average molecular weight is 299 g/mol. The van der Waals surface area contributed by atoms with Crippen molar-refractivity contribution in [2.45, 2.75) is 38.8 Å². The minimum atomic E-state index is -0.513. The summed E-state index contributed by atoms with van der Waals surface area (Å²) in [6.07, 6.45) is 1.79. The van der Waals surface area contributed by atoms with Gasteiger partial charge in [-0.3, -0.25) is 4.79 Å². The van der Waals surface area contributed by atoms with Gasteiger partial charge >= 0.3 is 0 Å². The van der Waals surface area contributed by atoms with Gasteiger partial charge in [0.1, 0.15) is 5.82 Å². The van der Waals surface area contributed by atoms with Gasteiger partial charge in [-0.15, -0.1) is 0 Å². The van der Waals surface area contributed by atoms with E-state index in [1.165, 1.54) is 18.2 Å². The zero-order chi connectivity index (χ0) is 14.7. The van der Waals surface area contributed by atoms with Crippen molar-refractivity contribution in [1.82, 2.24) is 10.2 Å². The Balaban J connectivity index is 2.26. The fraction of sp³-hybridized carbons (Fsp3) is 0.533. The van der Waals surface area contributed by atoms with Gasteiger partial charge in [-0.2, -0.15) is 0 Å². The van der Waals surface area contributed by atoms with Gasteiger partial charge < -0.3 is 10.2 Å². The summed E-state index contributed by atoms with van der Waals surface area (Å²) in [4.78, 5) is 14.4. The Morgan fingerprint density at radius 1 is 1.45 bits per heavy atom. The molecule has 0 spiro atoms. The lowest BCUT2D eigenvalue weighted by atomic mass is 10.0. The highest BCUT2D eigenvalue weighted by Crippen LogP contribution is 2.20. The zero-order valence-corrected chi connectivity index (χ0v) is 12.6. The molecule has 5 heteroatoms. The first kappa shape index (κ1) is 15.3. The second-order valence-corrected chi connectivity index (χ2v) is 5.59. The summed E-state index contributed by atoms with van der Waals surface area (Å²) in [6.45, 7) is 5.47. The summed E-state index contributed by atoms with van der Waals surface area (Å²) in [5.74, 6) is -0.780. The second-order valence-electron chi connectivity index (χ2n) is 5.16. The fourth-order valence-corrected chi connectivity index (χ4v) is 2.74. The van der Waals surface area contributed by atoms with Crippen LogP contribution in [0, 0.1) is 5.82 Å². The SMILES string of the molecule is CCC1CN(C(=O)c2cc(Cl)ccc2F)C(CC)CN1. The molecule has 1 saturated heterocycles. The molecule has 1 aromatic carbocycles. The molecule has 2 atom stereocenters. The molecule has 0 saturated carbocycles. The molecule has 0 aliphatic carbocycles. The van der Waals surface area contributed by atoms with E-state index in [0.29, 0.717) is 11.6 Å². The van der Waals surface area contributed by atoms with Crippen LogP contribution in [0.4, 0.5) is 4.39 Å². The highest BCUT2D eigenvalue weighted by Gasteiger charge is 2.31. The summed E-state index contributed by atoms with van der Waals surface area (Å²) in [7, 11) is 0. The van der Waals surface area contributed by atoms with Gasteiger partial charge in [0.05, 0.1) is 5.56 Å². The Bertz CT molecular complexity index is 495. The van der Waals surface area contributed by atoms with E-state index < -0.39 is 5.82 Å². The van der Waals surface area contributed by atoms with E-state index in [4.69, 9.17) is 11.6 Å². The molecule has 2 unspecified atom stereocenters. The van der Waals surface area contributed by atoms with Crippen molar-refractivity contribution in [3.8, 4) is 0 Å². The molecule has 0 bridgehead atoms. The molecular weight excluding hydrogens is 279 g/mol. The van der Waals surface area contributed by atoms with Crippen LogP contribution in [-0.4, -0.2) is 36.0 Å². The lowest BCUT2D eigenvalue weighted by molar-refractivity contribution is 0.0571. The van der Waals surface area contributed by atoms with E-state index in [1.807, 2.05) is 6.92 Å². The minimum absolute atomic E-state index is 0.0627. The number of nitrogens with zero attached hydrogens (tertiary/aromatic N) is 1. The average Bonchev–Trinajstić information content (AvgIpc) is 2.48. The Morgan fingerprint density at radius 2 is 2.20 bits per heavy atom. The quantitative estimate of drug-likeness (QED) is 0.930. The number of hydrogen-bond donors (Lipinski definition) is 1. The van der Waals surface area contributed by atoms with Crippen molar-refractivity contribution < 1.29 is 9.18 Å².